The van der Waals surface area contributed by atoms with Gasteiger partial charge in [0.25, 0.3) is 0 Å². The number of halogens is 5. The molecule has 1 atom stereocenters. The SMILES string of the molecule is CCCc1nc(C(F)(F)F)ccc1/C(C)=C/C(=O)NC(C)c1cc(F)c(NS(C)(=O)=O)c(F)c1. The number of nitrogens with one attached hydrogen (secondary N) is 2. The summed E-state index contributed by atoms with van der Waals surface area (Å²) in [7, 11) is -3.91. The summed E-state index contributed by atoms with van der Waals surface area (Å²) >= 11 is 0. The molecule has 0 bridgehead atoms. The fourth-order valence-electron chi connectivity index (χ4n) is 3.18. The molecular formula is C22H24F5N3O3S. The third kappa shape index (κ3) is 7.24. The van der Waals surface area contributed by atoms with Crippen LogP contribution < -0.4 is 10.0 Å². The number of amides is 1. The van der Waals surface area contributed by atoms with Crippen LogP contribution >= 0.6 is 0 Å². The lowest BCUT2D eigenvalue weighted by molar-refractivity contribution is -0.141. The number of alkyl halides is 3. The largest absolute Gasteiger partial charge is 0.433 e. The summed E-state index contributed by atoms with van der Waals surface area (Å²) in [6.45, 7) is 4.79. The fraction of sp³-hybridized carbons (Fsp3) is 0.364. The Balaban J connectivity index is 2.25. The number of aromatic nitrogens is 1. The summed E-state index contributed by atoms with van der Waals surface area (Å²) in [5, 5.41) is 2.52. The van der Waals surface area contributed by atoms with Gasteiger partial charge in [-0.3, -0.25) is 9.52 Å². The molecule has 0 aliphatic rings. The first kappa shape index (κ1) is 27.2. The zero-order chi connectivity index (χ0) is 25.8. The van der Waals surface area contributed by atoms with Crippen molar-refractivity contribution < 1.29 is 35.2 Å². The second-order valence-corrected chi connectivity index (χ2v) is 9.48. The average molecular weight is 506 g/mol. The monoisotopic (exact) mass is 505 g/mol. The Labute approximate surface area is 194 Å². The van der Waals surface area contributed by atoms with E-state index in [4.69, 9.17) is 0 Å². The van der Waals surface area contributed by atoms with Crippen molar-refractivity contribution in [2.24, 2.45) is 0 Å². The standard InChI is InChI=1S/C22H24F5N3O3S/c1-5-6-18-15(7-8-19(29-18)22(25,26)27)12(2)9-20(31)28-13(3)14-10-16(23)21(17(24)11-14)30-34(4,32)33/h7-11,13,30H,5-6H2,1-4H3,(H,28,31)/b12-9+. The van der Waals surface area contributed by atoms with Gasteiger partial charge in [-0.25, -0.2) is 22.2 Å². The summed E-state index contributed by atoms with van der Waals surface area (Å²) in [5.41, 5.74) is -0.881. The molecule has 1 aromatic heterocycles. The van der Waals surface area contributed by atoms with E-state index in [1.807, 2.05) is 0 Å². The van der Waals surface area contributed by atoms with E-state index >= 15 is 0 Å². The van der Waals surface area contributed by atoms with Crippen molar-refractivity contribution in [2.75, 3.05) is 11.0 Å². The molecule has 0 aliphatic carbocycles. The van der Waals surface area contributed by atoms with Crippen molar-refractivity contribution in [1.82, 2.24) is 10.3 Å². The van der Waals surface area contributed by atoms with Crippen molar-refractivity contribution in [2.45, 2.75) is 45.8 Å². The summed E-state index contributed by atoms with van der Waals surface area (Å²) in [6.07, 6.45) is -1.88. The zero-order valence-electron chi connectivity index (χ0n) is 18.8. The maximum Gasteiger partial charge on any atom is 0.433 e. The van der Waals surface area contributed by atoms with E-state index in [1.54, 1.807) is 18.6 Å². The second-order valence-electron chi connectivity index (χ2n) is 7.73. The molecule has 0 fully saturated rings. The van der Waals surface area contributed by atoms with Gasteiger partial charge in [-0.2, -0.15) is 13.2 Å². The molecule has 0 spiro atoms. The number of carbonyl (C=O) groups is 1. The molecule has 2 aromatic rings. The number of hydrogen-bond donors (Lipinski definition) is 2. The fourth-order valence-corrected chi connectivity index (χ4v) is 3.75. The van der Waals surface area contributed by atoms with E-state index in [9.17, 15) is 35.2 Å². The minimum Gasteiger partial charge on any atom is -0.346 e. The number of aryl methyl sites for hydroxylation is 1. The first-order valence-electron chi connectivity index (χ1n) is 10.2. The number of allylic oxidation sites excluding steroid dienone is 1. The Morgan fingerprint density at radius 1 is 1.18 bits per heavy atom. The number of benzene rings is 1. The number of nitrogens with zero attached hydrogens (tertiary/aromatic N) is 1. The molecule has 0 aliphatic heterocycles. The third-order valence-corrected chi connectivity index (χ3v) is 5.31. The zero-order valence-corrected chi connectivity index (χ0v) is 19.7. The summed E-state index contributed by atoms with van der Waals surface area (Å²) in [6, 6.07) is 2.99. The van der Waals surface area contributed by atoms with Crippen molar-refractivity contribution in [3.05, 3.63) is 64.5 Å². The van der Waals surface area contributed by atoms with Gasteiger partial charge in [0.15, 0.2) is 11.6 Å². The van der Waals surface area contributed by atoms with Crippen LogP contribution in [0.25, 0.3) is 5.57 Å². The van der Waals surface area contributed by atoms with E-state index in [0.29, 0.717) is 17.6 Å². The molecule has 6 nitrogen and oxygen atoms in total. The second kappa shape index (κ2) is 10.5. The number of rotatable bonds is 8. The van der Waals surface area contributed by atoms with Crippen LogP contribution in [0.5, 0.6) is 0 Å². The van der Waals surface area contributed by atoms with Gasteiger partial charge in [0.05, 0.1) is 12.3 Å². The van der Waals surface area contributed by atoms with Gasteiger partial charge in [-0.1, -0.05) is 19.4 Å². The number of hydrogen-bond acceptors (Lipinski definition) is 4. The van der Waals surface area contributed by atoms with Crippen LogP contribution in [0.2, 0.25) is 0 Å². The molecule has 0 saturated carbocycles. The highest BCUT2D eigenvalue weighted by molar-refractivity contribution is 7.92. The van der Waals surface area contributed by atoms with Crippen molar-refractivity contribution in [1.29, 1.82) is 0 Å². The van der Waals surface area contributed by atoms with Crippen LogP contribution in [-0.4, -0.2) is 25.6 Å². The molecule has 2 N–H and O–H groups in total. The molecule has 12 heteroatoms. The highest BCUT2D eigenvalue weighted by Crippen LogP contribution is 2.30. The lowest BCUT2D eigenvalue weighted by atomic mass is 10.0. The molecule has 1 unspecified atom stereocenters. The van der Waals surface area contributed by atoms with Crippen LogP contribution in [0.3, 0.4) is 0 Å². The minimum absolute atomic E-state index is 0.0383. The normalized spacial score (nSPS) is 13.5. The maximum atomic E-state index is 14.2. The molecule has 0 radical (unpaired) electrons. The molecule has 186 valence electrons. The Kier molecular flexibility index (Phi) is 8.40. The summed E-state index contributed by atoms with van der Waals surface area (Å²) in [4.78, 5) is 16.2. The Morgan fingerprint density at radius 2 is 1.76 bits per heavy atom. The molecule has 1 heterocycles. The van der Waals surface area contributed by atoms with Crippen LogP contribution in [0.15, 0.2) is 30.3 Å². The minimum atomic E-state index is -4.59. The predicted octanol–water partition coefficient (Wildman–Crippen LogP) is 4.98. The predicted molar refractivity (Wildman–Crippen MR) is 118 cm³/mol. The molecule has 2 rings (SSSR count). The molecular weight excluding hydrogens is 481 g/mol. The van der Waals surface area contributed by atoms with Crippen molar-refractivity contribution >= 4 is 27.2 Å². The summed E-state index contributed by atoms with van der Waals surface area (Å²) in [5.74, 6) is -2.96. The van der Waals surface area contributed by atoms with Gasteiger partial charge in [0.1, 0.15) is 11.4 Å². The van der Waals surface area contributed by atoms with Gasteiger partial charge in [0, 0.05) is 11.8 Å². The molecule has 1 amide bonds. The number of carbonyl (C=O) groups excluding carboxylic acids is 1. The third-order valence-electron chi connectivity index (χ3n) is 4.73. The quantitative estimate of drug-likeness (QED) is 0.391. The van der Waals surface area contributed by atoms with Crippen LogP contribution in [0, 0.1) is 11.6 Å². The first-order chi connectivity index (χ1) is 15.6. The number of anilines is 1. The topological polar surface area (TPSA) is 88.2 Å². The molecule has 1 aromatic carbocycles. The number of pyridine rings is 1. The van der Waals surface area contributed by atoms with E-state index < -0.39 is 51.2 Å². The van der Waals surface area contributed by atoms with Gasteiger partial charge in [0.2, 0.25) is 15.9 Å². The Bertz CT molecular complexity index is 1190. The maximum absolute atomic E-state index is 14.2. The Hall–Kier alpha value is -3.02. The van der Waals surface area contributed by atoms with Gasteiger partial charge >= 0.3 is 6.18 Å². The summed E-state index contributed by atoms with van der Waals surface area (Å²) < 4.78 is 91.7. The Morgan fingerprint density at radius 3 is 2.26 bits per heavy atom. The molecule has 0 saturated heterocycles. The van der Waals surface area contributed by atoms with Gasteiger partial charge in [-0.15, -0.1) is 0 Å². The lowest BCUT2D eigenvalue weighted by Gasteiger charge is -2.16. The van der Waals surface area contributed by atoms with Crippen LogP contribution in [0.1, 0.15) is 55.7 Å². The van der Waals surface area contributed by atoms with Gasteiger partial charge < -0.3 is 5.32 Å². The smallest absolute Gasteiger partial charge is 0.346 e. The van der Waals surface area contributed by atoms with Crippen molar-refractivity contribution in [3.63, 3.8) is 0 Å². The van der Waals surface area contributed by atoms with Crippen molar-refractivity contribution in [3.8, 4) is 0 Å². The van der Waals surface area contributed by atoms with Gasteiger partial charge in [-0.05, 0) is 55.2 Å². The number of sulfonamides is 1. The average Bonchev–Trinajstić information content (AvgIpc) is 2.69. The highest BCUT2D eigenvalue weighted by Gasteiger charge is 2.33. The van der Waals surface area contributed by atoms with E-state index in [1.165, 1.54) is 13.0 Å². The highest BCUT2D eigenvalue weighted by atomic mass is 32.2. The van der Waals surface area contributed by atoms with Crippen LogP contribution in [-0.2, 0) is 27.4 Å². The lowest BCUT2D eigenvalue weighted by Crippen LogP contribution is -2.25. The van der Waals surface area contributed by atoms with E-state index in [-0.39, 0.29) is 17.7 Å². The van der Waals surface area contributed by atoms with E-state index in [2.05, 4.69) is 10.3 Å². The molecule has 34 heavy (non-hydrogen) atoms. The van der Waals surface area contributed by atoms with E-state index in [0.717, 1.165) is 30.5 Å². The first-order valence-corrected chi connectivity index (χ1v) is 12.0. The van der Waals surface area contributed by atoms with Crippen LogP contribution in [0.4, 0.5) is 27.6 Å².